The molecule has 0 aliphatic heterocycles. The average molecular weight is 154 g/mol. The lowest BCUT2D eigenvalue weighted by molar-refractivity contribution is 0.152. The molecule has 0 atom stereocenters. The molecule has 0 unspecified atom stereocenters. The van der Waals surface area contributed by atoms with Crippen LogP contribution in [0, 0.1) is 16.7 Å². The number of rotatable bonds is 0. The summed E-state index contributed by atoms with van der Waals surface area (Å²) in [6.45, 7) is 7.43. The van der Waals surface area contributed by atoms with E-state index in [1.54, 1.807) is 0 Å². The van der Waals surface area contributed by atoms with Gasteiger partial charge in [0.25, 0.3) is 0 Å². The summed E-state index contributed by atoms with van der Waals surface area (Å²) in [6, 6.07) is 0. The number of hydrogen-bond donors (Lipinski definition) is 0. The summed E-state index contributed by atoms with van der Waals surface area (Å²) in [4.78, 5) is 0. The Hall–Kier alpha value is 0. The predicted molar refractivity (Wildman–Crippen MR) is 50.6 cm³/mol. The van der Waals surface area contributed by atoms with E-state index in [0.717, 1.165) is 5.92 Å². The maximum atomic E-state index is 2.49. The molecule has 0 heterocycles. The van der Waals surface area contributed by atoms with E-state index in [0.29, 0.717) is 10.8 Å². The summed E-state index contributed by atoms with van der Waals surface area (Å²) in [5.74, 6) is 1.05. The second kappa shape index (κ2) is 2.24. The zero-order valence-electron chi connectivity index (χ0n) is 7.41. The third-order valence-corrected chi connectivity index (χ3v) is 4.67. The van der Waals surface area contributed by atoms with Crippen LogP contribution in [0.2, 0.25) is 0 Å². The minimum atomic E-state index is 0. The maximum Gasteiger partial charge on any atom is -0.0272 e. The van der Waals surface area contributed by atoms with Crippen LogP contribution in [0.3, 0.4) is 0 Å². The van der Waals surface area contributed by atoms with Gasteiger partial charge in [-0.2, -0.15) is 0 Å². The van der Waals surface area contributed by atoms with E-state index in [1.807, 2.05) is 0 Å². The lowest BCUT2D eigenvalue weighted by Crippen LogP contribution is -2.26. The Kier molecular flexibility index (Phi) is 1.85. The largest absolute Gasteiger partial charge is 0.0776 e. The van der Waals surface area contributed by atoms with Gasteiger partial charge in [0.2, 0.25) is 0 Å². The minimum Gasteiger partial charge on any atom is -0.0776 e. The molecule has 0 aromatic carbocycles. The highest BCUT2D eigenvalue weighted by atomic mass is 14.6. The molecule has 0 N–H and O–H groups in total. The van der Waals surface area contributed by atoms with E-state index >= 15 is 0 Å². The Morgan fingerprint density at radius 2 is 1.45 bits per heavy atom. The number of fused-ring (bicyclic) bond motifs is 2. The van der Waals surface area contributed by atoms with Crippen molar-refractivity contribution in [2.24, 2.45) is 16.7 Å². The standard InChI is InChI=1S/C10H18.CH4/c1-9(2)8-4-6-10(9,3)7-5-8;/h8H,4-7H2,1-3H3;1H4. The van der Waals surface area contributed by atoms with Crippen molar-refractivity contribution in [2.75, 3.05) is 0 Å². The van der Waals surface area contributed by atoms with Gasteiger partial charge >= 0.3 is 0 Å². The molecule has 0 amide bonds. The lowest BCUT2D eigenvalue weighted by Gasteiger charge is -2.34. The second-order valence-corrected chi connectivity index (χ2v) is 5.06. The minimum absolute atomic E-state index is 0. The molecule has 2 bridgehead atoms. The lowest BCUT2D eigenvalue weighted by atomic mass is 9.71. The van der Waals surface area contributed by atoms with E-state index in [9.17, 15) is 0 Å². The van der Waals surface area contributed by atoms with Crippen molar-refractivity contribution < 1.29 is 0 Å². The Morgan fingerprint density at radius 1 is 1.00 bits per heavy atom. The molecule has 66 valence electrons. The molecule has 2 rings (SSSR count). The van der Waals surface area contributed by atoms with Crippen molar-refractivity contribution in [3.8, 4) is 0 Å². The quantitative estimate of drug-likeness (QED) is 0.497. The van der Waals surface area contributed by atoms with Gasteiger partial charge in [0.15, 0.2) is 0 Å². The highest BCUT2D eigenvalue weighted by Gasteiger charge is 2.55. The molecular weight excluding hydrogens is 132 g/mol. The Labute approximate surface area is 71.4 Å². The van der Waals surface area contributed by atoms with E-state index in [-0.39, 0.29) is 7.43 Å². The van der Waals surface area contributed by atoms with Crippen LogP contribution in [0.5, 0.6) is 0 Å². The summed E-state index contributed by atoms with van der Waals surface area (Å²) in [6.07, 6.45) is 5.99. The molecular formula is C11H22. The molecule has 0 spiro atoms. The van der Waals surface area contributed by atoms with Crippen LogP contribution in [0.15, 0.2) is 0 Å². The molecule has 0 aromatic rings. The van der Waals surface area contributed by atoms with Gasteiger partial charge in [0.05, 0.1) is 0 Å². The monoisotopic (exact) mass is 154 g/mol. The van der Waals surface area contributed by atoms with Gasteiger partial charge in [-0.1, -0.05) is 28.2 Å². The number of hydrogen-bond acceptors (Lipinski definition) is 0. The van der Waals surface area contributed by atoms with Crippen molar-refractivity contribution in [3.63, 3.8) is 0 Å². The first-order valence-corrected chi connectivity index (χ1v) is 4.56. The van der Waals surface area contributed by atoms with Crippen LogP contribution in [0.25, 0.3) is 0 Å². The smallest absolute Gasteiger partial charge is 0.0272 e. The molecule has 11 heavy (non-hydrogen) atoms. The molecule has 2 fully saturated rings. The van der Waals surface area contributed by atoms with Gasteiger partial charge < -0.3 is 0 Å². The highest BCUT2D eigenvalue weighted by Crippen LogP contribution is 2.65. The first kappa shape index (κ1) is 9.09. The van der Waals surface area contributed by atoms with E-state index < -0.39 is 0 Å². The Balaban J connectivity index is 0.000000605. The fraction of sp³-hybridized carbons (Fsp3) is 1.00. The predicted octanol–water partition coefficient (Wildman–Crippen LogP) is 3.86. The van der Waals surface area contributed by atoms with E-state index in [1.165, 1.54) is 25.7 Å². The fourth-order valence-electron chi connectivity index (χ4n) is 3.11. The zero-order chi connectivity index (χ0) is 7.41. The molecule has 0 aromatic heterocycles. The van der Waals surface area contributed by atoms with Crippen molar-refractivity contribution in [3.05, 3.63) is 0 Å². The molecule has 0 nitrogen and oxygen atoms in total. The summed E-state index contributed by atoms with van der Waals surface area (Å²) < 4.78 is 0. The van der Waals surface area contributed by atoms with Crippen LogP contribution in [0.4, 0.5) is 0 Å². The van der Waals surface area contributed by atoms with E-state index in [2.05, 4.69) is 20.8 Å². The normalized spacial score (nSPS) is 45.5. The molecule has 0 heteroatoms. The van der Waals surface area contributed by atoms with Gasteiger partial charge in [-0.05, 0) is 42.4 Å². The zero-order valence-corrected chi connectivity index (χ0v) is 7.41. The SMILES string of the molecule is C.CC12CCC(CC1)C2(C)C. The van der Waals surface area contributed by atoms with Gasteiger partial charge in [-0.3, -0.25) is 0 Å². The summed E-state index contributed by atoms with van der Waals surface area (Å²) in [5.41, 5.74) is 1.37. The molecule has 2 aliphatic carbocycles. The molecule has 0 radical (unpaired) electrons. The van der Waals surface area contributed by atoms with Crippen molar-refractivity contribution in [1.29, 1.82) is 0 Å². The highest BCUT2D eigenvalue weighted by molar-refractivity contribution is 5.05. The fourth-order valence-corrected chi connectivity index (χ4v) is 3.11. The van der Waals surface area contributed by atoms with E-state index in [4.69, 9.17) is 0 Å². The van der Waals surface area contributed by atoms with Gasteiger partial charge in [-0.25, -0.2) is 0 Å². The Bertz CT molecular complexity index is 145. The third-order valence-electron chi connectivity index (χ3n) is 4.67. The van der Waals surface area contributed by atoms with Crippen LogP contribution in [0.1, 0.15) is 53.9 Å². The van der Waals surface area contributed by atoms with Gasteiger partial charge in [-0.15, -0.1) is 0 Å². The van der Waals surface area contributed by atoms with Crippen LogP contribution < -0.4 is 0 Å². The third kappa shape index (κ3) is 0.878. The van der Waals surface area contributed by atoms with Gasteiger partial charge in [0, 0.05) is 0 Å². The van der Waals surface area contributed by atoms with Crippen LogP contribution >= 0.6 is 0 Å². The van der Waals surface area contributed by atoms with Crippen LogP contribution in [-0.2, 0) is 0 Å². The summed E-state index contributed by atoms with van der Waals surface area (Å²) in [7, 11) is 0. The van der Waals surface area contributed by atoms with Crippen LogP contribution in [-0.4, -0.2) is 0 Å². The Morgan fingerprint density at radius 3 is 1.55 bits per heavy atom. The maximum absolute atomic E-state index is 2.49. The molecule has 2 saturated carbocycles. The molecule has 0 saturated heterocycles. The summed E-state index contributed by atoms with van der Waals surface area (Å²) in [5, 5.41) is 0. The first-order chi connectivity index (χ1) is 4.56. The van der Waals surface area contributed by atoms with Crippen molar-refractivity contribution >= 4 is 0 Å². The van der Waals surface area contributed by atoms with Crippen molar-refractivity contribution in [2.45, 2.75) is 53.9 Å². The topological polar surface area (TPSA) is 0 Å². The molecule has 2 aliphatic rings. The first-order valence-electron chi connectivity index (χ1n) is 4.56. The second-order valence-electron chi connectivity index (χ2n) is 5.06. The summed E-state index contributed by atoms with van der Waals surface area (Å²) >= 11 is 0. The van der Waals surface area contributed by atoms with Crippen molar-refractivity contribution in [1.82, 2.24) is 0 Å². The van der Waals surface area contributed by atoms with Gasteiger partial charge in [0.1, 0.15) is 0 Å². The average Bonchev–Trinajstić information content (AvgIpc) is 2.18.